The molecule has 1 unspecified atom stereocenters. The van der Waals surface area contributed by atoms with Gasteiger partial charge < -0.3 is 15.4 Å². The molecule has 0 aromatic carbocycles. The Kier molecular flexibility index (Phi) is 5.00. The Hall–Kier alpha value is -3.27. The Balaban J connectivity index is 1.49. The van der Waals surface area contributed by atoms with E-state index in [4.69, 9.17) is 10.5 Å². The summed E-state index contributed by atoms with van der Waals surface area (Å²) in [6.45, 7) is 4.04. The van der Waals surface area contributed by atoms with Crippen molar-refractivity contribution in [3.63, 3.8) is 0 Å². The van der Waals surface area contributed by atoms with Crippen molar-refractivity contribution in [2.45, 2.75) is 57.7 Å². The molecule has 1 amide bonds. The van der Waals surface area contributed by atoms with Gasteiger partial charge in [-0.2, -0.15) is 13.2 Å². The van der Waals surface area contributed by atoms with E-state index in [1.807, 2.05) is 6.92 Å². The number of carbonyl (C=O) groups is 1. The van der Waals surface area contributed by atoms with Crippen LogP contribution in [0.1, 0.15) is 71.7 Å². The molecule has 2 aliphatic rings. The highest BCUT2D eigenvalue weighted by Gasteiger charge is 2.38. The number of fused-ring (bicyclic) bond motifs is 3. The fraction of sp³-hybridized carbons (Fsp3) is 0.391. The van der Waals surface area contributed by atoms with E-state index in [1.165, 1.54) is 12.3 Å². The average Bonchev–Trinajstić information content (AvgIpc) is 3.53. The Morgan fingerprint density at radius 1 is 1.24 bits per heavy atom. The highest BCUT2D eigenvalue weighted by atomic mass is 19.4. The van der Waals surface area contributed by atoms with Crippen LogP contribution in [-0.2, 0) is 17.5 Å². The van der Waals surface area contributed by atoms with Gasteiger partial charge >= 0.3 is 6.18 Å². The van der Waals surface area contributed by atoms with Gasteiger partial charge in [-0.15, -0.1) is 0 Å². The number of nitrogens with two attached hydrogens (primary N) is 1. The van der Waals surface area contributed by atoms with Gasteiger partial charge in [0.05, 0.1) is 41.7 Å². The molecule has 1 aliphatic carbocycles. The van der Waals surface area contributed by atoms with Crippen molar-refractivity contribution >= 4 is 22.6 Å². The molecule has 0 spiro atoms. The highest BCUT2D eigenvalue weighted by Crippen LogP contribution is 2.39. The topological polar surface area (TPSA) is 94.2 Å². The minimum Gasteiger partial charge on any atom is -0.383 e. The molecule has 7 nitrogen and oxygen atoms in total. The second-order valence-corrected chi connectivity index (χ2v) is 8.52. The second kappa shape index (κ2) is 7.65. The number of hydrogen-bond donors (Lipinski definition) is 1. The number of carbonyl (C=O) groups excluding carboxylic acids is 1. The minimum atomic E-state index is -4.46. The Labute approximate surface area is 187 Å². The van der Waals surface area contributed by atoms with E-state index < -0.39 is 17.8 Å². The molecule has 2 atom stereocenters. The molecule has 1 saturated carbocycles. The molecular formula is C23H22F3N5O2. The standard InChI is InChI=1S/C23H22F3N5O2/c1-11(17-6-3-13(8-28-17)23(24,25)26)31(14-4-5-14)22(32)18-7-15-16-10-33-12(2)20(16)21(27)30-19(15)9-29-18/h3,6-9,11-12,14H,4-5,10H2,1-2H3,(H2,27,30)/t11?,12-/m1/s1. The number of aromatic nitrogens is 3. The Bertz CT molecular complexity index is 1240. The van der Waals surface area contributed by atoms with Gasteiger partial charge in [0, 0.05) is 23.2 Å². The quantitative estimate of drug-likeness (QED) is 0.616. The smallest absolute Gasteiger partial charge is 0.383 e. The summed E-state index contributed by atoms with van der Waals surface area (Å²) in [5, 5.41) is 0.762. The third kappa shape index (κ3) is 3.78. The fourth-order valence-corrected chi connectivity index (χ4v) is 4.39. The lowest BCUT2D eigenvalue weighted by Gasteiger charge is -2.29. The molecule has 3 aromatic rings. The van der Waals surface area contributed by atoms with E-state index in [1.54, 1.807) is 17.9 Å². The number of nitrogen functional groups attached to an aromatic ring is 1. The summed E-state index contributed by atoms with van der Waals surface area (Å²) in [6, 6.07) is 3.49. The van der Waals surface area contributed by atoms with Crippen molar-refractivity contribution in [1.82, 2.24) is 19.9 Å². The molecule has 172 valence electrons. The number of nitrogens with zero attached hydrogens (tertiary/aromatic N) is 4. The monoisotopic (exact) mass is 457 g/mol. The Morgan fingerprint density at radius 2 is 2.00 bits per heavy atom. The first kappa shape index (κ1) is 21.6. The van der Waals surface area contributed by atoms with Crippen molar-refractivity contribution in [3.05, 3.63) is 58.7 Å². The van der Waals surface area contributed by atoms with Gasteiger partial charge in [0.15, 0.2) is 0 Å². The zero-order valence-corrected chi connectivity index (χ0v) is 18.1. The molecule has 10 heteroatoms. The van der Waals surface area contributed by atoms with E-state index in [-0.39, 0.29) is 23.7 Å². The highest BCUT2D eigenvalue weighted by molar-refractivity contribution is 5.97. The number of hydrogen-bond acceptors (Lipinski definition) is 6. The second-order valence-electron chi connectivity index (χ2n) is 8.52. The van der Waals surface area contributed by atoms with Gasteiger partial charge in [0.2, 0.25) is 0 Å². The largest absolute Gasteiger partial charge is 0.417 e. The van der Waals surface area contributed by atoms with E-state index in [0.717, 1.165) is 41.6 Å². The van der Waals surface area contributed by atoms with Crippen LogP contribution in [0.5, 0.6) is 0 Å². The third-order valence-corrected chi connectivity index (χ3v) is 6.29. The van der Waals surface area contributed by atoms with Crippen LogP contribution in [0.3, 0.4) is 0 Å². The third-order valence-electron chi connectivity index (χ3n) is 6.29. The maximum Gasteiger partial charge on any atom is 0.417 e. The molecular weight excluding hydrogens is 435 g/mol. The summed E-state index contributed by atoms with van der Waals surface area (Å²) in [5.74, 6) is 0.0936. The molecule has 2 N–H and O–H groups in total. The Morgan fingerprint density at radius 3 is 2.64 bits per heavy atom. The maximum absolute atomic E-state index is 13.5. The summed E-state index contributed by atoms with van der Waals surface area (Å²) in [5.41, 5.74) is 8.20. The maximum atomic E-state index is 13.5. The van der Waals surface area contributed by atoms with Crippen LogP contribution in [0, 0.1) is 0 Å². The van der Waals surface area contributed by atoms with Gasteiger partial charge in [-0.3, -0.25) is 9.78 Å². The van der Waals surface area contributed by atoms with Crippen LogP contribution in [0.15, 0.2) is 30.6 Å². The van der Waals surface area contributed by atoms with Gasteiger partial charge in [-0.25, -0.2) is 9.97 Å². The lowest BCUT2D eigenvalue weighted by molar-refractivity contribution is -0.137. The van der Waals surface area contributed by atoms with Gasteiger partial charge in [0.25, 0.3) is 5.91 Å². The van der Waals surface area contributed by atoms with Crippen LogP contribution in [0.2, 0.25) is 0 Å². The van der Waals surface area contributed by atoms with Crippen LogP contribution in [0.25, 0.3) is 10.9 Å². The predicted octanol–water partition coefficient (Wildman–Crippen LogP) is 4.58. The molecule has 0 bridgehead atoms. The molecule has 5 rings (SSSR count). The van der Waals surface area contributed by atoms with Crippen molar-refractivity contribution in [2.24, 2.45) is 0 Å². The number of ether oxygens (including phenoxy) is 1. The summed E-state index contributed by atoms with van der Waals surface area (Å²) >= 11 is 0. The first-order valence-electron chi connectivity index (χ1n) is 10.7. The summed E-state index contributed by atoms with van der Waals surface area (Å²) in [4.78, 5) is 27.9. The SMILES string of the molecule is CC(c1ccc(C(F)(F)F)cn1)N(C(=O)c1cc2c3c(c(N)nc2cn1)[C@@H](C)OC3)C1CC1. The van der Waals surface area contributed by atoms with Crippen molar-refractivity contribution < 1.29 is 22.7 Å². The first-order chi connectivity index (χ1) is 15.6. The molecule has 0 radical (unpaired) electrons. The number of anilines is 1. The minimum absolute atomic E-state index is 0.00676. The first-order valence-corrected chi connectivity index (χ1v) is 10.7. The number of halogens is 3. The summed E-state index contributed by atoms with van der Waals surface area (Å²) < 4.78 is 44.4. The molecule has 1 fully saturated rings. The zero-order chi connectivity index (χ0) is 23.5. The van der Waals surface area contributed by atoms with E-state index in [2.05, 4.69) is 15.0 Å². The van der Waals surface area contributed by atoms with Crippen molar-refractivity contribution in [2.75, 3.05) is 5.73 Å². The lowest BCUT2D eigenvalue weighted by atomic mass is 10.0. The van der Waals surface area contributed by atoms with Crippen LogP contribution >= 0.6 is 0 Å². The fourth-order valence-electron chi connectivity index (χ4n) is 4.39. The molecule has 1 aliphatic heterocycles. The number of amides is 1. The van der Waals surface area contributed by atoms with Crippen LogP contribution in [0.4, 0.5) is 19.0 Å². The molecule has 0 saturated heterocycles. The van der Waals surface area contributed by atoms with Gasteiger partial charge in [-0.05, 0) is 50.5 Å². The van der Waals surface area contributed by atoms with Crippen molar-refractivity contribution in [3.8, 4) is 0 Å². The van der Waals surface area contributed by atoms with Gasteiger partial charge in [-0.1, -0.05) is 0 Å². The number of alkyl halides is 3. The predicted molar refractivity (Wildman–Crippen MR) is 114 cm³/mol. The summed E-state index contributed by atoms with van der Waals surface area (Å²) in [6.07, 6.45) is -0.677. The number of pyridine rings is 3. The summed E-state index contributed by atoms with van der Waals surface area (Å²) in [7, 11) is 0. The van der Waals surface area contributed by atoms with E-state index in [0.29, 0.717) is 23.6 Å². The van der Waals surface area contributed by atoms with E-state index >= 15 is 0 Å². The number of rotatable bonds is 4. The molecule has 4 heterocycles. The molecule has 3 aromatic heterocycles. The normalized spacial score (nSPS) is 18.9. The average molecular weight is 457 g/mol. The van der Waals surface area contributed by atoms with Crippen molar-refractivity contribution in [1.29, 1.82) is 0 Å². The molecule has 33 heavy (non-hydrogen) atoms. The van der Waals surface area contributed by atoms with Gasteiger partial charge in [0.1, 0.15) is 11.5 Å². The van der Waals surface area contributed by atoms with Crippen LogP contribution < -0.4 is 5.73 Å². The van der Waals surface area contributed by atoms with E-state index in [9.17, 15) is 18.0 Å². The lowest BCUT2D eigenvalue weighted by Crippen LogP contribution is -2.36. The van der Waals surface area contributed by atoms with Crippen LogP contribution in [-0.4, -0.2) is 31.8 Å². The zero-order valence-electron chi connectivity index (χ0n) is 18.1.